The van der Waals surface area contributed by atoms with Crippen LogP contribution >= 0.6 is 0 Å². The Hall–Kier alpha value is -1.24. The van der Waals surface area contributed by atoms with Crippen molar-refractivity contribution < 1.29 is 28.9 Å². The summed E-state index contributed by atoms with van der Waals surface area (Å²) in [7, 11) is 1.47. The molecule has 3 fully saturated rings. The van der Waals surface area contributed by atoms with E-state index in [2.05, 4.69) is 0 Å². The minimum absolute atomic E-state index is 0.0768. The number of rotatable bonds is 2. The Morgan fingerprint density at radius 2 is 2.08 bits per heavy atom. The average molecular weight is 336 g/mol. The van der Waals surface area contributed by atoms with Crippen LogP contribution in [0.4, 0.5) is 0 Å². The van der Waals surface area contributed by atoms with Crippen LogP contribution in [-0.2, 0) is 23.8 Å². The van der Waals surface area contributed by atoms with E-state index in [1.165, 1.54) is 13.2 Å². The molecule has 1 spiro atoms. The molecule has 1 N–H and O–H groups in total. The summed E-state index contributed by atoms with van der Waals surface area (Å²) in [6.45, 7) is 5.57. The van der Waals surface area contributed by atoms with Crippen molar-refractivity contribution in [3.8, 4) is 0 Å². The van der Waals surface area contributed by atoms with Gasteiger partial charge in [-0.15, -0.1) is 0 Å². The molecule has 7 atom stereocenters. The maximum absolute atomic E-state index is 12.4. The fourth-order valence-corrected chi connectivity index (χ4v) is 5.79. The van der Waals surface area contributed by atoms with E-state index in [-0.39, 0.29) is 11.7 Å². The number of aliphatic hydroxyl groups is 1. The maximum atomic E-state index is 12.4. The molecule has 2 heterocycles. The first kappa shape index (κ1) is 16.2. The van der Waals surface area contributed by atoms with Crippen LogP contribution in [-0.4, -0.2) is 48.1 Å². The van der Waals surface area contributed by atoms with Crippen molar-refractivity contribution in [2.75, 3.05) is 7.11 Å². The summed E-state index contributed by atoms with van der Waals surface area (Å²) >= 11 is 0. The van der Waals surface area contributed by atoms with Crippen LogP contribution < -0.4 is 0 Å². The molecule has 0 bridgehead atoms. The smallest absolute Gasteiger partial charge is 0.333 e. The fraction of sp³-hybridized carbons (Fsp3) is 0.778. The zero-order valence-electron chi connectivity index (χ0n) is 14.5. The first-order valence-electron chi connectivity index (χ1n) is 8.55. The number of cyclic esters (lactones) is 1. The number of methoxy groups -OCH3 is 1. The van der Waals surface area contributed by atoms with Crippen LogP contribution in [0.5, 0.6) is 0 Å². The van der Waals surface area contributed by atoms with Crippen molar-refractivity contribution in [1.82, 2.24) is 0 Å². The highest BCUT2D eigenvalue weighted by Crippen LogP contribution is 2.69. The third-order valence-electron chi connectivity index (χ3n) is 6.99. The maximum Gasteiger partial charge on any atom is 0.333 e. The Morgan fingerprint density at radius 3 is 2.71 bits per heavy atom. The molecule has 6 nitrogen and oxygen atoms in total. The highest BCUT2D eigenvalue weighted by atomic mass is 16.7. The minimum atomic E-state index is -0.900. The summed E-state index contributed by atoms with van der Waals surface area (Å²) < 4.78 is 16.6. The van der Waals surface area contributed by atoms with E-state index in [0.29, 0.717) is 0 Å². The van der Waals surface area contributed by atoms with Gasteiger partial charge < -0.3 is 19.3 Å². The molecule has 0 amide bonds. The number of carbonyl (C=O) groups is 2. The van der Waals surface area contributed by atoms with Gasteiger partial charge in [0.1, 0.15) is 11.9 Å². The first-order valence-corrected chi connectivity index (χ1v) is 8.55. The number of aliphatic hydroxyl groups excluding tert-OH is 1. The largest absolute Gasteiger partial charge is 0.429 e. The van der Waals surface area contributed by atoms with Gasteiger partial charge in [-0.25, -0.2) is 4.79 Å². The molecule has 1 saturated heterocycles. The molecule has 4 aliphatic rings. The molecular formula is C18H24O6. The number of hydrogen-bond donors (Lipinski definition) is 1. The Balaban J connectivity index is 1.89. The van der Waals surface area contributed by atoms with E-state index in [4.69, 9.17) is 14.2 Å². The quantitative estimate of drug-likeness (QED) is 0.605. The predicted molar refractivity (Wildman–Crippen MR) is 82.8 cm³/mol. The number of hydrogen-bond acceptors (Lipinski definition) is 6. The van der Waals surface area contributed by atoms with Crippen LogP contribution in [0.15, 0.2) is 11.6 Å². The van der Waals surface area contributed by atoms with E-state index < -0.39 is 40.9 Å². The summed E-state index contributed by atoms with van der Waals surface area (Å²) in [5.74, 6) is -0.664. The topological polar surface area (TPSA) is 85.4 Å². The number of epoxide rings is 1. The Labute approximate surface area is 141 Å². The molecule has 132 valence electrons. The number of fused-ring (bicyclic) bond motifs is 2. The minimum Gasteiger partial charge on any atom is -0.429 e. The number of Topliss-reactive ketones (excluding diaryl/α,β-unsaturated/α-hetero) is 1. The van der Waals surface area contributed by atoms with Gasteiger partial charge in [0.2, 0.25) is 6.29 Å². The van der Waals surface area contributed by atoms with Crippen LogP contribution in [0.1, 0.15) is 40.0 Å². The van der Waals surface area contributed by atoms with Crippen molar-refractivity contribution in [2.45, 2.75) is 64.1 Å². The second-order valence-corrected chi connectivity index (χ2v) is 8.11. The van der Waals surface area contributed by atoms with Crippen molar-refractivity contribution >= 4 is 11.8 Å². The molecule has 6 heteroatoms. The Bertz CT molecular complexity index is 656. The lowest BCUT2D eigenvalue weighted by molar-refractivity contribution is -0.190. The molecule has 0 aromatic heterocycles. The molecule has 2 aliphatic carbocycles. The SMILES string of the molecule is CO[C@@H]1OC(=O)C=C2[C@@]13O[C@@H]3[C@@H](O)[C@H]1[C@@](C)(C(C)=O)CCC[C@]21C. The van der Waals surface area contributed by atoms with Crippen molar-refractivity contribution in [3.05, 3.63) is 11.6 Å². The predicted octanol–water partition coefficient (Wildman–Crippen LogP) is 1.36. The van der Waals surface area contributed by atoms with Gasteiger partial charge in [0, 0.05) is 24.5 Å². The lowest BCUT2D eigenvalue weighted by Crippen LogP contribution is -2.63. The van der Waals surface area contributed by atoms with E-state index in [1.54, 1.807) is 6.92 Å². The third kappa shape index (κ3) is 1.67. The summed E-state index contributed by atoms with van der Waals surface area (Å²) in [5.41, 5.74) is -1.20. The standard InChI is InChI=1S/C18H24O6/c1-9(19)16(2)6-5-7-17(3)10-8-11(20)23-15(22-4)18(10)14(24-18)12(21)13(16)17/h8,12-15,21H,5-7H2,1-4H3/t12-,13-,14+,15+,16+,17+,18-/m0/s1. The van der Waals surface area contributed by atoms with Gasteiger partial charge in [-0.05, 0) is 30.8 Å². The molecule has 24 heavy (non-hydrogen) atoms. The zero-order valence-corrected chi connectivity index (χ0v) is 14.5. The fourth-order valence-electron chi connectivity index (χ4n) is 5.79. The van der Waals surface area contributed by atoms with Gasteiger partial charge in [-0.1, -0.05) is 20.3 Å². The van der Waals surface area contributed by atoms with Gasteiger partial charge in [-0.2, -0.15) is 0 Å². The summed E-state index contributed by atoms with van der Waals surface area (Å²) in [4.78, 5) is 24.5. The second-order valence-electron chi connectivity index (χ2n) is 8.11. The lowest BCUT2D eigenvalue weighted by Gasteiger charge is -2.57. The van der Waals surface area contributed by atoms with E-state index in [0.717, 1.165) is 24.8 Å². The molecule has 2 saturated carbocycles. The number of carbonyl (C=O) groups excluding carboxylic acids is 2. The van der Waals surface area contributed by atoms with Crippen LogP contribution in [0.25, 0.3) is 0 Å². The third-order valence-corrected chi connectivity index (χ3v) is 6.99. The summed E-state index contributed by atoms with van der Waals surface area (Å²) in [6.07, 6.45) is 1.75. The Morgan fingerprint density at radius 1 is 1.38 bits per heavy atom. The molecule has 4 rings (SSSR count). The van der Waals surface area contributed by atoms with Crippen LogP contribution in [0.3, 0.4) is 0 Å². The molecule has 2 aliphatic heterocycles. The van der Waals surface area contributed by atoms with Gasteiger partial charge >= 0.3 is 5.97 Å². The summed E-state index contributed by atoms with van der Waals surface area (Å²) in [5, 5.41) is 11.1. The van der Waals surface area contributed by atoms with Crippen LogP contribution in [0.2, 0.25) is 0 Å². The van der Waals surface area contributed by atoms with E-state index in [1.807, 2.05) is 13.8 Å². The normalized spacial score (nSPS) is 52.4. The van der Waals surface area contributed by atoms with E-state index >= 15 is 0 Å². The van der Waals surface area contributed by atoms with Crippen molar-refractivity contribution in [2.24, 2.45) is 16.7 Å². The highest BCUT2D eigenvalue weighted by Gasteiger charge is 2.79. The molecule has 0 aromatic rings. The van der Waals surface area contributed by atoms with Crippen molar-refractivity contribution in [1.29, 1.82) is 0 Å². The number of ether oxygens (including phenoxy) is 3. The average Bonchev–Trinajstić information content (AvgIpc) is 3.24. The van der Waals surface area contributed by atoms with Gasteiger partial charge in [0.05, 0.1) is 6.10 Å². The molecular weight excluding hydrogens is 312 g/mol. The first-order chi connectivity index (χ1) is 11.2. The Kier molecular flexibility index (Phi) is 3.17. The molecule has 0 radical (unpaired) electrons. The van der Waals surface area contributed by atoms with E-state index in [9.17, 15) is 14.7 Å². The van der Waals surface area contributed by atoms with Gasteiger partial charge in [-0.3, -0.25) is 4.79 Å². The summed E-state index contributed by atoms with van der Waals surface area (Å²) in [6, 6.07) is 0. The molecule has 0 unspecified atom stereocenters. The number of ketones is 1. The van der Waals surface area contributed by atoms with Crippen LogP contribution in [0, 0.1) is 16.7 Å². The van der Waals surface area contributed by atoms with Gasteiger partial charge in [0.25, 0.3) is 0 Å². The highest BCUT2D eigenvalue weighted by molar-refractivity contribution is 5.87. The van der Waals surface area contributed by atoms with Gasteiger partial charge in [0.15, 0.2) is 5.60 Å². The number of esters is 1. The zero-order chi connectivity index (χ0) is 17.5. The monoisotopic (exact) mass is 336 g/mol. The van der Waals surface area contributed by atoms with Crippen molar-refractivity contribution in [3.63, 3.8) is 0 Å². The molecule has 0 aromatic carbocycles. The second kappa shape index (κ2) is 4.68. The lowest BCUT2D eigenvalue weighted by atomic mass is 9.46.